The van der Waals surface area contributed by atoms with Crippen molar-refractivity contribution in [3.63, 3.8) is 0 Å². The molecule has 1 aromatic heterocycles. The van der Waals surface area contributed by atoms with Gasteiger partial charge in [0.1, 0.15) is 0 Å². The number of aryl methyl sites for hydroxylation is 2. The Balaban J connectivity index is 1.90. The molecule has 24 heavy (non-hydrogen) atoms. The molecule has 1 heterocycles. The van der Waals surface area contributed by atoms with Crippen molar-refractivity contribution in [2.45, 2.75) is 13.8 Å². The van der Waals surface area contributed by atoms with E-state index in [1.54, 1.807) is 37.3 Å². The summed E-state index contributed by atoms with van der Waals surface area (Å²) < 4.78 is 0. The summed E-state index contributed by atoms with van der Waals surface area (Å²) in [6.07, 6.45) is 0. The molecule has 1 N–H and O–H groups in total. The second-order valence-electron chi connectivity index (χ2n) is 5.32. The monoisotopic (exact) mass is 360 g/mol. The minimum Gasteiger partial charge on any atom is -0.320 e. The number of aromatic nitrogens is 3. The van der Waals surface area contributed by atoms with Crippen molar-refractivity contribution in [3.05, 3.63) is 69.5 Å². The second kappa shape index (κ2) is 6.63. The number of hydrogen-bond acceptors (Lipinski definition) is 3. The van der Waals surface area contributed by atoms with Crippen LogP contribution in [0.1, 0.15) is 21.7 Å². The van der Waals surface area contributed by atoms with Crippen LogP contribution in [-0.2, 0) is 0 Å². The molecule has 5 nitrogen and oxygen atoms in total. The first-order chi connectivity index (χ1) is 11.4. The van der Waals surface area contributed by atoms with Crippen molar-refractivity contribution in [2.75, 3.05) is 5.32 Å². The van der Waals surface area contributed by atoms with Crippen LogP contribution in [0.15, 0.2) is 42.5 Å². The van der Waals surface area contributed by atoms with Gasteiger partial charge in [-0.25, -0.2) is 0 Å². The Morgan fingerprint density at radius 1 is 1.04 bits per heavy atom. The number of anilines is 1. The Morgan fingerprint density at radius 2 is 1.79 bits per heavy atom. The van der Waals surface area contributed by atoms with Crippen molar-refractivity contribution >= 4 is 34.8 Å². The smallest absolute Gasteiger partial charge is 0.278 e. The molecular formula is C17H14Cl2N4O. The number of nitrogens with one attached hydrogen (secondary N) is 1. The first-order valence-electron chi connectivity index (χ1n) is 7.21. The highest BCUT2D eigenvalue weighted by molar-refractivity contribution is 6.31. The van der Waals surface area contributed by atoms with Gasteiger partial charge in [0.25, 0.3) is 5.91 Å². The Labute approximate surface area is 149 Å². The number of benzene rings is 2. The van der Waals surface area contributed by atoms with Crippen molar-refractivity contribution < 1.29 is 4.79 Å². The lowest BCUT2D eigenvalue weighted by Crippen LogP contribution is -2.15. The average Bonchev–Trinajstić information content (AvgIpc) is 2.93. The van der Waals surface area contributed by atoms with Gasteiger partial charge in [-0.15, -0.1) is 5.10 Å². The Morgan fingerprint density at radius 3 is 2.54 bits per heavy atom. The van der Waals surface area contributed by atoms with E-state index in [1.807, 2.05) is 19.1 Å². The summed E-state index contributed by atoms with van der Waals surface area (Å²) in [5.74, 6) is -0.342. The standard InChI is InChI=1S/C17H14Cl2N4O/c1-10-6-7-13(19)9-15(10)20-17(24)16-11(2)21-23(22-16)14-5-3-4-12(18)8-14/h3-9H,1-2H3,(H,20,24). The second-order valence-corrected chi connectivity index (χ2v) is 6.19. The zero-order chi connectivity index (χ0) is 17.3. The van der Waals surface area contributed by atoms with E-state index in [2.05, 4.69) is 15.5 Å². The maximum atomic E-state index is 12.5. The number of carbonyl (C=O) groups excluding carboxylic acids is 1. The number of halogens is 2. The third-order valence-electron chi connectivity index (χ3n) is 3.48. The molecule has 0 aliphatic rings. The molecule has 0 unspecified atom stereocenters. The molecular weight excluding hydrogens is 347 g/mol. The fourth-order valence-electron chi connectivity index (χ4n) is 2.22. The molecule has 0 saturated heterocycles. The van der Waals surface area contributed by atoms with Crippen LogP contribution in [0.25, 0.3) is 5.69 Å². The summed E-state index contributed by atoms with van der Waals surface area (Å²) in [6.45, 7) is 3.62. The predicted octanol–water partition coefficient (Wildman–Crippen LogP) is 4.44. The van der Waals surface area contributed by atoms with E-state index in [0.717, 1.165) is 5.56 Å². The van der Waals surface area contributed by atoms with Gasteiger partial charge in [-0.2, -0.15) is 9.90 Å². The SMILES string of the molecule is Cc1ccc(Cl)cc1NC(=O)c1nn(-c2cccc(Cl)c2)nc1C. The molecule has 0 aliphatic carbocycles. The third-order valence-corrected chi connectivity index (χ3v) is 3.95. The first-order valence-corrected chi connectivity index (χ1v) is 7.97. The molecule has 0 atom stereocenters. The zero-order valence-corrected chi connectivity index (χ0v) is 14.6. The van der Waals surface area contributed by atoms with Crippen LogP contribution in [-0.4, -0.2) is 20.9 Å². The van der Waals surface area contributed by atoms with Gasteiger partial charge < -0.3 is 5.32 Å². The van der Waals surface area contributed by atoms with Crippen LogP contribution in [0, 0.1) is 13.8 Å². The lowest BCUT2D eigenvalue weighted by atomic mass is 10.2. The van der Waals surface area contributed by atoms with Gasteiger partial charge in [0.2, 0.25) is 0 Å². The Bertz CT molecular complexity index is 921. The minimum atomic E-state index is -0.342. The number of rotatable bonds is 3. The van der Waals surface area contributed by atoms with Gasteiger partial charge in [0, 0.05) is 15.7 Å². The number of carbonyl (C=O) groups is 1. The molecule has 0 fully saturated rings. The lowest BCUT2D eigenvalue weighted by molar-refractivity contribution is 0.102. The first kappa shape index (κ1) is 16.5. The van der Waals surface area contributed by atoms with Crippen LogP contribution in [0.4, 0.5) is 5.69 Å². The van der Waals surface area contributed by atoms with Crippen LogP contribution in [0.3, 0.4) is 0 Å². The van der Waals surface area contributed by atoms with Gasteiger partial charge in [-0.3, -0.25) is 4.79 Å². The van der Waals surface area contributed by atoms with Crippen molar-refractivity contribution in [1.29, 1.82) is 0 Å². The number of hydrogen-bond donors (Lipinski definition) is 1. The van der Waals surface area contributed by atoms with Gasteiger partial charge in [-0.05, 0) is 49.7 Å². The van der Waals surface area contributed by atoms with Crippen LogP contribution in [0.5, 0.6) is 0 Å². The molecule has 0 radical (unpaired) electrons. The number of amides is 1. The minimum absolute atomic E-state index is 0.245. The van der Waals surface area contributed by atoms with Gasteiger partial charge in [0.15, 0.2) is 5.69 Å². The molecule has 1 amide bonds. The highest BCUT2D eigenvalue weighted by Crippen LogP contribution is 2.21. The third kappa shape index (κ3) is 3.42. The summed E-state index contributed by atoms with van der Waals surface area (Å²) in [7, 11) is 0. The lowest BCUT2D eigenvalue weighted by Gasteiger charge is -2.07. The Hall–Kier alpha value is -2.37. The highest BCUT2D eigenvalue weighted by atomic mass is 35.5. The fraction of sp³-hybridized carbons (Fsp3) is 0.118. The molecule has 2 aromatic carbocycles. The summed E-state index contributed by atoms with van der Waals surface area (Å²) in [4.78, 5) is 13.9. The molecule has 7 heteroatoms. The average molecular weight is 361 g/mol. The van der Waals surface area contributed by atoms with Gasteiger partial charge in [0.05, 0.1) is 11.4 Å². The highest BCUT2D eigenvalue weighted by Gasteiger charge is 2.17. The van der Waals surface area contributed by atoms with E-state index in [0.29, 0.717) is 27.1 Å². The molecule has 0 saturated carbocycles. The Kier molecular flexibility index (Phi) is 4.55. The predicted molar refractivity (Wildman–Crippen MR) is 95.2 cm³/mol. The quantitative estimate of drug-likeness (QED) is 0.750. The van der Waals surface area contributed by atoms with E-state index < -0.39 is 0 Å². The summed E-state index contributed by atoms with van der Waals surface area (Å²) >= 11 is 12.0. The topological polar surface area (TPSA) is 59.8 Å². The van der Waals surface area contributed by atoms with E-state index >= 15 is 0 Å². The maximum absolute atomic E-state index is 12.5. The molecule has 3 aromatic rings. The van der Waals surface area contributed by atoms with Gasteiger partial charge >= 0.3 is 0 Å². The summed E-state index contributed by atoms with van der Waals surface area (Å²) in [5, 5.41) is 12.5. The normalized spacial score (nSPS) is 10.7. The van der Waals surface area contributed by atoms with Crippen LogP contribution < -0.4 is 5.32 Å². The van der Waals surface area contributed by atoms with E-state index in [4.69, 9.17) is 23.2 Å². The largest absolute Gasteiger partial charge is 0.320 e. The zero-order valence-electron chi connectivity index (χ0n) is 13.0. The van der Waals surface area contributed by atoms with Crippen LogP contribution in [0.2, 0.25) is 10.0 Å². The number of nitrogens with zero attached hydrogens (tertiary/aromatic N) is 3. The van der Waals surface area contributed by atoms with E-state index in [9.17, 15) is 4.79 Å². The summed E-state index contributed by atoms with van der Waals surface area (Å²) in [5.41, 5.74) is 3.00. The van der Waals surface area contributed by atoms with E-state index in [-0.39, 0.29) is 11.6 Å². The molecule has 0 bridgehead atoms. The van der Waals surface area contributed by atoms with Crippen molar-refractivity contribution in [1.82, 2.24) is 15.0 Å². The maximum Gasteiger partial charge on any atom is 0.278 e. The van der Waals surface area contributed by atoms with Gasteiger partial charge in [-0.1, -0.05) is 35.3 Å². The molecule has 0 spiro atoms. The van der Waals surface area contributed by atoms with E-state index in [1.165, 1.54) is 4.80 Å². The van der Waals surface area contributed by atoms with Crippen LogP contribution >= 0.6 is 23.2 Å². The van der Waals surface area contributed by atoms with Crippen molar-refractivity contribution in [3.8, 4) is 5.69 Å². The van der Waals surface area contributed by atoms with Crippen molar-refractivity contribution in [2.24, 2.45) is 0 Å². The molecule has 3 rings (SSSR count). The molecule has 122 valence electrons. The fourth-order valence-corrected chi connectivity index (χ4v) is 2.57. The molecule has 0 aliphatic heterocycles. The summed E-state index contributed by atoms with van der Waals surface area (Å²) in [6, 6.07) is 12.4.